The molecule has 0 spiro atoms. The van der Waals surface area contributed by atoms with E-state index in [-0.39, 0.29) is 12.1 Å². The summed E-state index contributed by atoms with van der Waals surface area (Å²) < 4.78 is 18.6. The van der Waals surface area contributed by atoms with Gasteiger partial charge in [-0.25, -0.2) is 9.48 Å². The van der Waals surface area contributed by atoms with Crippen molar-refractivity contribution >= 4 is 22.0 Å². The van der Waals surface area contributed by atoms with Crippen LogP contribution >= 0.6 is 15.9 Å². The molecule has 1 atom stereocenters. The molecule has 0 aliphatic carbocycles. The second-order valence-electron chi connectivity index (χ2n) is 6.35. The number of aryl methyl sites for hydroxylation is 1. The summed E-state index contributed by atoms with van der Waals surface area (Å²) in [6.07, 6.45) is -0.366. The predicted octanol–water partition coefficient (Wildman–Crippen LogP) is 2.96. The number of ether oxygens (including phenoxy) is 3. The number of hydrogen-bond acceptors (Lipinski definition) is 5. The molecule has 23 heavy (non-hydrogen) atoms. The molecule has 0 saturated heterocycles. The summed E-state index contributed by atoms with van der Waals surface area (Å²) in [6.45, 7) is 8.12. The van der Waals surface area contributed by atoms with Crippen molar-refractivity contribution in [1.29, 1.82) is 0 Å². The highest BCUT2D eigenvalue weighted by atomic mass is 79.9. The van der Waals surface area contributed by atoms with Crippen LogP contribution in [-0.2, 0) is 23.1 Å². The Labute approximate surface area is 146 Å². The molecule has 0 unspecified atom stereocenters. The standard InChI is InChI=1S/C15H26BrN3O4/c1-10(18(5)14(20)23-15(2,3)4)8-22-9-11-12(16)13(21-7)19(6)17-11/h10H,8-9H2,1-7H3/t10-/m1/s1. The molecular formula is C15H26BrN3O4. The molecule has 8 heteroatoms. The average molecular weight is 392 g/mol. The van der Waals surface area contributed by atoms with Gasteiger partial charge in [0.15, 0.2) is 0 Å². The molecule has 0 fully saturated rings. The number of rotatable bonds is 6. The minimum absolute atomic E-state index is 0.116. The first-order valence-electron chi connectivity index (χ1n) is 7.35. The van der Waals surface area contributed by atoms with Crippen molar-refractivity contribution in [2.75, 3.05) is 20.8 Å². The molecule has 0 aliphatic rings. The third-order valence-electron chi connectivity index (χ3n) is 3.14. The first-order chi connectivity index (χ1) is 10.6. The number of aromatic nitrogens is 2. The van der Waals surface area contributed by atoms with E-state index in [0.717, 1.165) is 10.2 Å². The molecule has 1 heterocycles. The minimum atomic E-state index is -0.513. The Hall–Kier alpha value is -1.28. The molecule has 7 nitrogen and oxygen atoms in total. The van der Waals surface area contributed by atoms with Crippen molar-refractivity contribution < 1.29 is 19.0 Å². The lowest BCUT2D eigenvalue weighted by Gasteiger charge is -2.28. The van der Waals surface area contributed by atoms with E-state index in [2.05, 4.69) is 21.0 Å². The molecule has 1 amide bonds. The zero-order chi connectivity index (χ0) is 17.8. The molecular weight excluding hydrogens is 366 g/mol. The van der Waals surface area contributed by atoms with Gasteiger partial charge in [-0.2, -0.15) is 5.10 Å². The van der Waals surface area contributed by atoms with Gasteiger partial charge in [0.2, 0.25) is 5.88 Å². The number of carbonyl (C=O) groups excluding carboxylic acids is 1. The van der Waals surface area contributed by atoms with Gasteiger partial charge < -0.3 is 19.1 Å². The maximum absolute atomic E-state index is 12.0. The molecule has 1 aromatic rings. The normalized spacial score (nSPS) is 12.9. The van der Waals surface area contributed by atoms with Crippen molar-refractivity contribution in [1.82, 2.24) is 14.7 Å². The molecule has 132 valence electrons. The van der Waals surface area contributed by atoms with Crippen LogP contribution in [0.1, 0.15) is 33.4 Å². The third kappa shape index (κ3) is 5.69. The lowest BCUT2D eigenvalue weighted by molar-refractivity contribution is 0.00884. The molecule has 0 aromatic carbocycles. The Kier molecular flexibility index (Phi) is 6.88. The van der Waals surface area contributed by atoms with E-state index in [1.54, 1.807) is 25.9 Å². The van der Waals surface area contributed by atoms with Crippen molar-refractivity contribution in [2.24, 2.45) is 7.05 Å². The van der Waals surface area contributed by atoms with Crippen LogP contribution in [0.15, 0.2) is 4.47 Å². The van der Waals surface area contributed by atoms with Gasteiger partial charge in [0.25, 0.3) is 0 Å². The lowest BCUT2D eigenvalue weighted by atomic mass is 10.2. The van der Waals surface area contributed by atoms with Crippen LogP contribution in [0, 0.1) is 0 Å². The van der Waals surface area contributed by atoms with Crippen molar-refractivity contribution in [3.05, 3.63) is 10.2 Å². The summed E-state index contributed by atoms with van der Waals surface area (Å²) in [5.41, 5.74) is 0.234. The van der Waals surface area contributed by atoms with Crippen LogP contribution < -0.4 is 4.74 Å². The van der Waals surface area contributed by atoms with Crippen molar-refractivity contribution in [3.63, 3.8) is 0 Å². The van der Waals surface area contributed by atoms with E-state index in [0.29, 0.717) is 19.1 Å². The average Bonchev–Trinajstić information content (AvgIpc) is 2.70. The molecule has 1 aromatic heterocycles. The van der Waals surface area contributed by atoms with Gasteiger partial charge in [-0.3, -0.25) is 0 Å². The fourth-order valence-corrected chi connectivity index (χ4v) is 2.41. The second kappa shape index (κ2) is 8.01. The SMILES string of the molecule is COc1c(Br)c(COC[C@@H](C)N(C)C(=O)OC(C)(C)C)nn1C. The lowest BCUT2D eigenvalue weighted by Crippen LogP contribution is -2.41. The molecule has 0 saturated carbocycles. The fraction of sp³-hybridized carbons (Fsp3) is 0.733. The molecule has 0 radical (unpaired) electrons. The van der Waals surface area contributed by atoms with E-state index >= 15 is 0 Å². The largest absolute Gasteiger partial charge is 0.480 e. The fourth-order valence-electron chi connectivity index (χ4n) is 1.80. The predicted molar refractivity (Wildman–Crippen MR) is 90.6 cm³/mol. The summed E-state index contributed by atoms with van der Waals surface area (Å²) in [5, 5.41) is 4.32. The van der Waals surface area contributed by atoms with E-state index in [1.807, 2.05) is 27.7 Å². The van der Waals surface area contributed by atoms with Gasteiger partial charge in [-0.15, -0.1) is 0 Å². The van der Waals surface area contributed by atoms with Crippen molar-refractivity contribution in [3.8, 4) is 5.88 Å². The quantitative estimate of drug-likeness (QED) is 0.745. The van der Waals surface area contributed by atoms with Gasteiger partial charge in [0.05, 0.1) is 26.4 Å². The molecule has 1 rings (SSSR count). The van der Waals surface area contributed by atoms with Gasteiger partial charge in [0.1, 0.15) is 15.8 Å². The van der Waals surface area contributed by atoms with Crippen LogP contribution in [0.5, 0.6) is 5.88 Å². The molecule has 0 bridgehead atoms. The van der Waals surface area contributed by atoms with Gasteiger partial charge in [-0.1, -0.05) is 0 Å². The van der Waals surface area contributed by atoms with E-state index in [4.69, 9.17) is 14.2 Å². The first-order valence-corrected chi connectivity index (χ1v) is 8.15. The summed E-state index contributed by atoms with van der Waals surface area (Å²) in [7, 11) is 5.08. The number of carbonyl (C=O) groups is 1. The van der Waals surface area contributed by atoms with E-state index in [9.17, 15) is 4.79 Å². The zero-order valence-corrected chi connectivity index (χ0v) is 16.4. The van der Waals surface area contributed by atoms with Gasteiger partial charge in [0, 0.05) is 14.1 Å². The number of methoxy groups -OCH3 is 1. The van der Waals surface area contributed by atoms with Crippen LogP contribution in [-0.4, -0.2) is 53.2 Å². The Morgan fingerprint density at radius 2 is 2.04 bits per heavy atom. The minimum Gasteiger partial charge on any atom is -0.480 e. The van der Waals surface area contributed by atoms with Crippen molar-refractivity contribution in [2.45, 2.75) is 45.9 Å². The van der Waals surface area contributed by atoms with Crippen LogP contribution in [0.4, 0.5) is 4.79 Å². The summed E-state index contributed by atoms with van der Waals surface area (Å²) >= 11 is 3.44. The number of likely N-dealkylation sites (N-methyl/N-ethyl adjacent to an activating group) is 1. The Morgan fingerprint density at radius 1 is 1.43 bits per heavy atom. The third-order valence-corrected chi connectivity index (χ3v) is 3.94. The van der Waals surface area contributed by atoms with Gasteiger partial charge in [-0.05, 0) is 43.6 Å². The molecule has 0 aliphatic heterocycles. The van der Waals surface area contributed by atoms with Crippen LogP contribution in [0.25, 0.3) is 0 Å². The monoisotopic (exact) mass is 391 g/mol. The number of amides is 1. The first kappa shape index (κ1) is 19.8. The number of nitrogens with zero attached hydrogens (tertiary/aromatic N) is 3. The molecule has 0 N–H and O–H groups in total. The topological polar surface area (TPSA) is 65.8 Å². The highest BCUT2D eigenvalue weighted by molar-refractivity contribution is 9.10. The van der Waals surface area contributed by atoms with Crippen LogP contribution in [0.2, 0.25) is 0 Å². The Balaban J connectivity index is 2.50. The maximum atomic E-state index is 12.0. The highest BCUT2D eigenvalue weighted by Gasteiger charge is 2.23. The zero-order valence-electron chi connectivity index (χ0n) is 14.8. The Bertz CT molecular complexity index is 540. The van der Waals surface area contributed by atoms with Gasteiger partial charge >= 0.3 is 6.09 Å². The van der Waals surface area contributed by atoms with E-state index < -0.39 is 5.60 Å². The summed E-state index contributed by atoms with van der Waals surface area (Å²) in [4.78, 5) is 13.5. The Morgan fingerprint density at radius 3 is 2.52 bits per heavy atom. The smallest absolute Gasteiger partial charge is 0.410 e. The number of halogens is 1. The maximum Gasteiger partial charge on any atom is 0.410 e. The summed E-state index contributed by atoms with van der Waals surface area (Å²) in [5.74, 6) is 0.641. The highest BCUT2D eigenvalue weighted by Crippen LogP contribution is 2.28. The van der Waals surface area contributed by atoms with Crippen LogP contribution in [0.3, 0.4) is 0 Å². The number of hydrogen-bond donors (Lipinski definition) is 0. The van der Waals surface area contributed by atoms with E-state index in [1.165, 1.54) is 4.90 Å². The summed E-state index contributed by atoms with van der Waals surface area (Å²) in [6, 6.07) is -0.116. The second-order valence-corrected chi connectivity index (χ2v) is 7.14.